The highest BCUT2D eigenvalue weighted by molar-refractivity contribution is 7.99. The van der Waals surface area contributed by atoms with Gasteiger partial charge in [0.05, 0.1) is 12.1 Å². The van der Waals surface area contributed by atoms with Crippen molar-refractivity contribution < 1.29 is 4.79 Å². The molecule has 0 aromatic rings. The molecule has 2 fully saturated rings. The molecule has 2 aliphatic rings. The highest BCUT2D eigenvalue weighted by Gasteiger charge is 2.29. The smallest absolute Gasteiger partial charge is 0.238 e. The molecule has 0 aliphatic carbocycles. The standard InChI is InChI=1S/C8H15N3OS/c1-11-2-6(3-11)10-8(12)7-4-13-5-9-7/h6-7,9H,2-5H2,1H3,(H,10,12). The van der Waals surface area contributed by atoms with Gasteiger partial charge in [-0.3, -0.25) is 10.1 Å². The van der Waals surface area contributed by atoms with Crippen LogP contribution in [0.5, 0.6) is 0 Å². The molecule has 1 amide bonds. The van der Waals surface area contributed by atoms with Crippen LogP contribution < -0.4 is 10.6 Å². The van der Waals surface area contributed by atoms with E-state index in [2.05, 4.69) is 22.6 Å². The molecule has 0 saturated carbocycles. The Morgan fingerprint density at radius 1 is 1.62 bits per heavy atom. The first-order valence-corrected chi connectivity index (χ1v) is 5.71. The monoisotopic (exact) mass is 201 g/mol. The quantitative estimate of drug-likeness (QED) is 0.606. The van der Waals surface area contributed by atoms with Crippen molar-refractivity contribution in [1.29, 1.82) is 0 Å². The zero-order valence-electron chi connectivity index (χ0n) is 7.75. The highest BCUT2D eigenvalue weighted by atomic mass is 32.2. The maximum atomic E-state index is 11.5. The van der Waals surface area contributed by atoms with Gasteiger partial charge in [0.2, 0.25) is 5.91 Å². The largest absolute Gasteiger partial charge is 0.349 e. The Morgan fingerprint density at radius 3 is 2.92 bits per heavy atom. The number of rotatable bonds is 2. The highest BCUT2D eigenvalue weighted by Crippen LogP contribution is 2.10. The first kappa shape index (κ1) is 9.30. The van der Waals surface area contributed by atoms with E-state index in [1.54, 1.807) is 11.8 Å². The number of nitrogens with one attached hydrogen (secondary N) is 2. The van der Waals surface area contributed by atoms with Gasteiger partial charge in [0.1, 0.15) is 0 Å². The van der Waals surface area contributed by atoms with Crippen molar-refractivity contribution in [2.75, 3.05) is 31.8 Å². The molecule has 0 spiro atoms. The normalized spacial score (nSPS) is 30.1. The van der Waals surface area contributed by atoms with Crippen LogP contribution in [0.4, 0.5) is 0 Å². The first-order chi connectivity index (χ1) is 6.25. The lowest BCUT2D eigenvalue weighted by atomic mass is 10.1. The van der Waals surface area contributed by atoms with E-state index in [-0.39, 0.29) is 11.9 Å². The first-order valence-electron chi connectivity index (χ1n) is 4.56. The van der Waals surface area contributed by atoms with Crippen LogP contribution >= 0.6 is 11.8 Å². The summed E-state index contributed by atoms with van der Waals surface area (Å²) in [7, 11) is 2.06. The molecule has 2 N–H and O–H groups in total. The maximum absolute atomic E-state index is 11.5. The van der Waals surface area contributed by atoms with Gasteiger partial charge in [-0.1, -0.05) is 0 Å². The van der Waals surface area contributed by atoms with Gasteiger partial charge in [-0.2, -0.15) is 0 Å². The van der Waals surface area contributed by atoms with Crippen molar-refractivity contribution in [3.63, 3.8) is 0 Å². The lowest BCUT2D eigenvalue weighted by Crippen LogP contribution is -2.60. The van der Waals surface area contributed by atoms with Crippen LogP contribution in [-0.4, -0.2) is 54.7 Å². The van der Waals surface area contributed by atoms with Crippen LogP contribution in [0.25, 0.3) is 0 Å². The van der Waals surface area contributed by atoms with Crippen molar-refractivity contribution in [3.8, 4) is 0 Å². The third-order valence-electron chi connectivity index (χ3n) is 2.44. The molecule has 2 aliphatic heterocycles. The van der Waals surface area contributed by atoms with Gasteiger partial charge in [-0.15, -0.1) is 11.8 Å². The summed E-state index contributed by atoms with van der Waals surface area (Å²) >= 11 is 1.78. The predicted molar refractivity (Wildman–Crippen MR) is 53.7 cm³/mol. The van der Waals surface area contributed by atoms with E-state index in [9.17, 15) is 4.79 Å². The Bertz CT molecular complexity index is 200. The van der Waals surface area contributed by atoms with Gasteiger partial charge < -0.3 is 10.2 Å². The Labute approximate surface area is 82.4 Å². The SMILES string of the molecule is CN1CC(NC(=O)C2CSCN2)C1. The Kier molecular flexibility index (Phi) is 2.76. The molecule has 1 unspecified atom stereocenters. The van der Waals surface area contributed by atoms with E-state index in [1.807, 2.05) is 0 Å². The fourth-order valence-electron chi connectivity index (χ4n) is 1.66. The van der Waals surface area contributed by atoms with Gasteiger partial charge in [0.15, 0.2) is 0 Å². The zero-order chi connectivity index (χ0) is 9.26. The van der Waals surface area contributed by atoms with Gasteiger partial charge in [-0.05, 0) is 7.05 Å². The second-order valence-electron chi connectivity index (χ2n) is 3.70. The fraction of sp³-hybridized carbons (Fsp3) is 0.875. The van der Waals surface area contributed by atoms with Crippen LogP contribution in [0.3, 0.4) is 0 Å². The summed E-state index contributed by atoms with van der Waals surface area (Å²) in [6.07, 6.45) is 0. The number of hydrogen-bond acceptors (Lipinski definition) is 4. The van der Waals surface area contributed by atoms with Crippen molar-refractivity contribution in [3.05, 3.63) is 0 Å². The topological polar surface area (TPSA) is 44.4 Å². The number of carbonyl (C=O) groups excluding carboxylic acids is 1. The molecule has 4 nitrogen and oxygen atoms in total. The van der Waals surface area contributed by atoms with Crippen molar-refractivity contribution in [1.82, 2.24) is 15.5 Å². The summed E-state index contributed by atoms with van der Waals surface area (Å²) in [4.78, 5) is 13.7. The summed E-state index contributed by atoms with van der Waals surface area (Å²) in [6.45, 7) is 1.98. The molecular weight excluding hydrogens is 186 g/mol. The number of likely N-dealkylation sites (tertiary alicyclic amines) is 1. The Morgan fingerprint density at radius 2 is 2.38 bits per heavy atom. The predicted octanol–water partition coefficient (Wildman–Crippen LogP) is -0.921. The van der Waals surface area contributed by atoms with Crippen molar-refractivity contribution in [2.45, 2.75) is 12.1 Å². The van der Waals surface area contributed by atoms with E-state index < -0.39 is 0 Å². The van der Waals surface area contributed by atoms with Gasteiger partial charge in [0, 0.05) is 24.7 Å². The zero-order valence-corrected chi connectivity index (χ0v) is 8.56. The average molecular weight is 201 g/mol. The second kappa shape index (κ2) is 3.86. The summed E-state index contributed by atoms with van der Waals surface area (Å²) in [6, 6.07) is 0.417. The number of nitrogens with zero attached hydrogens (tertiary/aromatic N) is 1. The Balaban J connectivity index is 1.72. The molecule has 13 heavy (non-hydrogen) atoms. The van der Waals surface area contributed by atoms with Crippen LogP contribution in [0.15, 0.2) is 0 Å². The molecule has 5 heteroatoms. The van der Waals surface area contributed by atoms with E-state index in [0.29, 0.717) is 6.04 Å². The van der Waals surface area contributed by atoms with Gasteiger partial charge >= 0.3 is 0 Å². The second-order valence-corrected chi connectivity index (χ2v) is 4.73. The minimum atomic E-state index is 0.0379. The molecule has 0 aromatic carbocycles. The molecule has 0 bridgehead atoms. The Hall–Kier alpha value is -0.260. The lowest BCUT2D eigenvalue weighted by molar-refractivity contribution is -0.124. The van der Waals surface area contributed by atoms with E-state index >= 15 is 0 Å². The van der Waals surface area contributed by atoms with E-state index in [1.165, 1.54) is 0 Å². The van der Waals surface area contributed by atoms with Crippen LogP contribution in [0, 0.1) is 0 Å². The third-order valence-corrected chi connectivity index (χ3v) is 3.38. The molecule has 2 saturated heterocycles. The van der Waals surface area contributed by atoms with E-state index in [4.69, 9.17) is 0 Å². The van der Waals surface area contributed by atoms with Crippen LogP contribution in [-0.2, 0) is 4.79 Å². The maximum Gasteiger partial charge on any atom is 0.238 e. The summed E-state index contributed by atoms with van der Waals surface area (Å²) in [5.41, 5.74) is 0. The number of likely N-dealkylation sites (N-methyl/N-ethyl adjacent to an activating group) is 1. The average Bonchev–Trinajstić information content (AvgIpc) is 2.53. The minimum absolute atomic E-state index is 0.0379. The molecule has 0 radical (unpaired) electrons. The number of carbonyl (C=O) groups is 1. The van der Waals surface area contributed by atoms with Gasteiger partial charge in [0.25, 0.3) is 0 Å². The van der Waals surface area contributed by atoms with E-state index in [0.717, 1.165) is 24.7 Å². The molecular formula is C8H15N3OS. The molecule has 2 rings (SSSR count). The molecule has 0 aromatic heterocycles. The summed E-state index contributed by atoms with van der Waals surface area (Å²) in [5, 5.41) is 6.19. The molecule has 1 atom stereocenters. The van der Waals surface area contributed by atoms with Crippen LogP contribution in [0.2, 0.25) is 0 Å². The summed E-state index contributed by atoms with van der Waals surface area (Å²) < 4.78 is 0. The van der Waals surface area contributed by atoms with Crippen molar-refractivity contribution in [2.24, 2.45) is 0 Å². The summed E-state index contributed by atoms with van der Waals surface area (Å²) in [5.74, 6) is 1.99. The molecule has 74 valence electrons. The van der Waals surface area contributed by atoms with Crippen molar-refractivity contribution >= 4 is 17.7 Å². The number of thioether (sulfide) groups is 1. The fourth-order valence-corrected chi connectivity index (χ4v) is 2.60. The van der Waals surface area contributed by atoms with Gasteiger partial charge in [-0.25, -0.2) is 0 Å². The lowest BCUT2D eigenvalue weighted by Gasteiger charge is -2.37. The number of amides is 1. The minimum Gasteiger partial charge on any atom is -0.349 e. The van der Waals surface area contributed by atoms with Crippen LogP contribution in [0.1, 0.15) is 0 Å². The third kappa shape index (κ3) is 2.15. The molecule has 2 heterocycles. The number of hydrogen-bond donors (Lipinski definition) is 2.